The van der Waals surface area contributed by atoms with Crippen LogP contribution in [0.1, 0.15) is 129 Å². The minimum Gasteiger partial charge on any atom is -0.508 e. The van der Waals surface area contributed by atoms with Gasteiger partial charge in [0.15, 0.2) is 11.9 Å². The molecule has 0 bridgehead atoms. The SMILES string of the molecule is CC(C)[C@H](NC(=O)CNC(=O)[C@@H](N)CCCCN)C(=O)N[C@@H](CO)C(=O)N1CCC[C@H]1C(=O)N[C@@H](CO)C(=O)N[C@@H](Cc1ccc(O)cc1)C(=O)N[C@@H](CCCN=C(N)N)C(=O)N[C@@H](CS)C(=O)O.CC(C)[C@H](NC(=O)CNC(=O)[C@@H](N)CCCCN)C(=O)N[C@@H](CO)C(=O)N1CCC[C@H]1C(=O)N[C@@H](CO)C(=O)N[C@@H](Cc1ccc(O)cc1)C(=O)N[C@@H](CCCN=C(N)N)C(=O)N[C@@H](CS)C(=O)O. The summed E-state index contributed by atoms with van der Waals surface area (Å²) in [7, 11) is 0. The molecular weight excluding hydrogens is 1850 g/mol. The number of amides is 16. The fourth-order valence-electron chi connectivity index (χ4n) is 13.9. The van der Waals surface area contributed by atoms with Gasteiger partial charge in [-0.05, 0) is 137 Å². The quantitative estimate of drug-likeness (QED) is 0.0127. The first-order valence-corrected chi connectivity index (χ1v) is 46.1. The van der Waals surface area contributed by atoms with Gasteiger partial charge in [-0.1, -0.05) is 64.8 Å². The molecule has 4 rings (SSSR count). The van der Waals surface area contributed by atoms with E-state index in [0.29, 0.717) is 62.7 Å². The van der Waals surface area contributed by atoms with Crippen LogP contribution in [0.25, 0.3) is 0 Å². The molecule has 16 amide bonds. The lowest BCUT2D eigenvalue weighted by Crippen LogP contribution is -2.61. The topological polar surface area (TPSA) is 877 Å². The number of nitrogens with one attached hydrogen (secondary N) is 14. The Kier molecular flexibility index (Phi) is 54.6. The summed E-state index contributed by atoms with van der Waals surface area (Å²) in [5.74, 6) is -18.7. The molecule has 138 heavy (non-hydrogen) atoms. The number of likely N-dealkylation sites (tertiary alicyclic amines) is 2. The van der Waals surface area contributed by atoms with E-state index in [1.165, 1.54) is 48.5 Å². The summed E-state index contributed by atoms with van der Waals surface area (Å²) in [4.78, 5) is 247. The molecule has 0 radical (unpaired) electrons. The molecular formula is C84H138N26O26S2. The number of aliphatic imine (C=N–C) groups is 2. The van der Waals surface area contributed by atoms with Crippen LogP contribution < -0.4 is 120 Å². The van der Waals surface area contributed by atoms with Crippen LogP contribution in [0.4, 0.5) is 0 Å². The largest absolute Gasteiger partial charge is 0.508 e. The number of guanidine groups is 2. The summed E-state index contributed by atoms with van der Waals surface area (Å²) in [5, 5.41) is 114. The number of rotatable bonds is 60. The molecule has 16 atom stereocenters. The number of aliphatic carboxylic acids is 2. The highest BCUT2D eigenvalue weighted by molar-refractivity contribution is 7.80. The van der Waals surface area contributed by atoms with Crippen molar-refractivity contribution in [3.8, 4) is 11.5 Å². The number of hydrogen-bond donors (Lipinski definition) is 32. The smallest absolute Gasteiger partial charge is 0.327 e. The van der Waals surface area contributed by atoms with Crippen LogP contribution in [-0.4, -0.2) is 356 Å². The second kappa shape index (κ2) is 63.0. The number of thiol groups is 2. The molecule has 0 saturated carbocycles. The average Bonchev–Trinajstić information content (AvgIpc) is 1.68. The predicted octanol–water partition coefficient (Wildman–Crippen LogP) is -11.8. The molecule has 2 fully saturated rings. The summed E-state index contributed by atoms with van der Waals surface area (Å²) in [5.41, 5.74) is 45.1. The molecule has 2 heterocycles. The summed E-state index contributed by atoms with van der Waals surface area (Å²) in [6, 6.07) is -10.8. The molecule has 2 aromatic rings. The van der Waals surface area contributed by atoms with E-state index in [-0.39, 0.29) is 125 Å². The van der Waals surface area contributed by atoms with Crippen LogP contribution >= 0.6 is 25.3 Å². The number of phenols is 2. The van der Waals surface area contributed by atoms with E-state index in [4.69, 9.17) is 45.9 Å². The second-order valence-corrected chi connectivity index (χ2v) is 33.9. The van der Waals surface area contributed by atoms with E-state index >= 15 is 0 Å². The van der Waals surface area contributed by atoms with Gasteiger partial charge < -0.3 is 171 Å². The maximum absolute atomic E-state index is 13.9. The number of aromatic hydroxyl groups is 2. The number of aliphatic hydroxyl groups excluding tert-OH is 4. The lowest BCUT2D eigenvalue weighted by atomic mass is 10.0. The zero-order valence-corrected chi connectivity index (χ0v) is 79.2. The zero-order chi connectivity index (χ0) is 104. The van der Waals surface area contributed by atoms with Crippen molar-refractivity contribution in [3.63, 3.8) is 0 Å². The number of carboxylic acids is 2. The molecule has 0 aliphatic carbocycles. The summed E-state index contributed by atoms with van der Waals surface area (Å²) < 4.78 is 0. The molecule has 772 valence electrons. The Labute approximate surface area is 807 Å². The van der Waals surface area contributed by atoms with Crippen molar-refractivity contribution in [1.82, 2.24) is 84.2 Å². The van der Waals surface area contributed by atoms with Gasteiger partial charge in [0.1, 0.15) is 96.1 Å². The first-order chi connectivity index (χ1) is 65.3. The Morgan fingerprint density at radius 1 is 0.384 bits per heavy atom. The molecule has 38 N–H and O–H groups in total. The third kappa shape index (κ3) is 42.2. The molecule has 2 aliphatic heterocycles. The van der Waals surface area contributed by atoms with E-state index in [1.807, 2.05) is 0 Å². The number of aliphatic hydroxyl groups is 4. The Bertz CT molecular complexity index is 4150. The maximum Gasteiger partial charge on any atom is 0.327 e. The number of carbonyl (C=O) groups is 18. The molecule has 2 aromatic carbocycles. The number of benzene rings is 2. The fraction of sp³-hybridized carbons (Fsp3) is 0.619. The van der Waals surface area contributed by atoms with E-state index in [1.54, 1.807) is 27.7 Å². The van der Waals surface area contributed by atoms with Crippen molar-refractivity contribution in [1.29, 1.82) is 0 Å². The van der Waals surface area contributed by atoms with Crippen molar-refractivity contribution in [2.24, 2.45) is 67.7 Å². The Morgan fingerprint density at radius 2 is 0.681 bits per heavy atom. The van der Waals surface area contributed by atoms with Crippen LogP contribution in [-0.2, 0) is 99.1 Å². The van der Waals surface area contributed by atoms with Crippen molar-refractivity contribution < 1.29 is 127 Å². The Morgan fingerprint density at radius 3 is 0.971 bits per heavy atom. The van der Waals surface area contributed by atoms with Gasteiger partial charge in [0.2, 0.25) is 94.5 Å². The van der Waals surface area contributed by atoms with Crippen LogP contribution in [0.3, 0.4) is 0 Å². The molecule has 0 unspecified atom stereocenters. The van der Waals surface area contributed by atoms with E-state index in [0.717, 1.165) is 9.80 Å². The highest BCUT2D eigenvalue weighted by Crippen LogP contribution is 2.23. The molecule has 2 aliphatic rings. The fourth-order valence-corrected chi connectivity index (χ4v) is 14.4. The third-order valence-corrected chi connectivity index (χ3v) is 22.4. The second-order valence-electron chi connectivity index (χ2n) is 33.2. The van der Waals surface area contributed by atoms with Gasteiger partial charge in [0.25, 0.3) is 0 Å². The van der Waals surface area contributed by atoms with Gasteiger partial charge in [0, 0.05) is 50.5 Å². The van der Waals surface area contributed by atoms with Gasteiger partial charge in [-0.2, -0.15) is 25.3 Å². The number of carboxylic acid groups (broad SMARTS) is 2. The number of nitrogens with zero attached hydrogens (tertiary/aromatic N) is 4. The van der Waals surface area contributed by atoms with Gasteiger partial charge >= 0.3 is 11.9 Å². The van der Waals surface area contributed by atoms with Crippen molar-refractivity contribution in [2.75, 3.05) is 90.3 Å². The number of nitrogens with two attached hydrogens (primary N) is 8. The average molecular weight is 1990 g/mol. The van der Waals surface area contributed by atoms with Gasteiger partial charge in [-0.15, -0.1) is 0 Å². The summed E-state index contributed by atoms with van der Waals surface area (Å²) in [6.07, 6.45) is 3.60. The van der Waals surface area contributed by atoms with Gasteiger partial charge in [-0.3, -0.25) is 86.7 Å². The lowest BCUT2D eigenvalue weighted by molar-refractivity contribution is -0.143. The zero-order valence-electron chi connectivity index (χ0n) is 77.5. The van der Waals surface area contributed by atoms with Crippen LogP contribution in [0, 0.1) is 11.8 Å². The number of carbonyl (C=O) groups excluding carboxylic acids is 16. The molecule has 0 spiro atoms. The van der Waals surface area contributed by atoms with Crippen LogP contribution in [0.5, 0.6) is 11.5 Å². The highest BCUT2D eigenvalue weighted by atomic mass is 32.1. The number of unbranched alkanes of at least 4 members (excludes halogenated alkanes) is 2. The molecule has 52 nitrogen and oxygen atoms in total. The number of phenolic OH excluding ortho intramolecular Hbond substituents is 2. The molecule has 0 aromatic heterocycles. The minimum atomic E-state index is -1.71. The monoisotopic (exact) mass is 1990 g/mol. The minimum absolute atomic E-state index is 0.00549. The van der Waals surface area contributed by atoms with E-state index in [9.17, 15) is 127 Å². The van der Waals surface area contributed by atoms with Crippen molar-refractivity contribution >= 4 is 144 Å². The maximum atomic E-state index is 13.9. The molecule has 54 heteroatoms. The lowest BCUT2D eigenvalue weighted by Gasteiger charge is -2.30. The highest BCUT2D eigenvalue weighted by Gasteiger charge is 2.44. The Hall–Kier alpha value is -12.6. The summed E-state index contributed by atoms with van der Waals surface area (Å²) >= 11 is 7.92. The van der Waals surface area contributed by atoms with Gasteiger partial charge in [0.05, 0.1) is 51.6 Å². The predicted molar refractivity (Wildman–Crippen MR) is 505 cm³/mol. The third-order valence-electron chi connectivity index (χ3n) is 21.7. The van der Waals surface area contributed by atoms with Gasteiger partial charge in [-0.25, -0.2) is 9.59 Å². The van der Waals surface area contributed by atoms with Crippen LogP contribution in [0.15, 0.2) is 58.5 Å². The van der Waals surface area contributed by atoms with Crippen molar-refractivity contribution in [2.45, 2.75) is 227 Å². The standard InChI is InChI=1S/2C42H69N13O13S/c2*1-22(2)33(54-32(59)18-48-34(60)25(44)7-3-4-14-43)39(65)52-29(20-57)40(66)55-16-6-9-31(55)38(64)51-28(19-56)37(63)50-27(17-23-10-12-24(58)13-11-23)36(62)49-26(8-5-15-47-42(45)46)35(61)53-30(21-69)41(67)68/h2*10-13,22,25-31,33,56-58,69H,3-9,14-21,43-44H2,1-2H3,(H,48,60)(H,49,62)(H,50,63)(H,51,64)(H,52,65)(H,53,61)(H,54,59)(H,67,68)(H4,45,46,47)/t2*25-,26-,27-,28-,29-,30-,31-,33-/m00/s1. The van der Waals surface area contributed by atoms with Crippen molar-refractivity contribution in [3.05, 3.63) is 59.7 Å². The van der Waals surface area contributed by atoms with Crippen LogP contribution in [0.2, 0.25) is 0 Å². The molecule has 2 saturated heterocycles. The van der Waals surface area contributed by atoms with E-state index in [2.05, 4.69) is 110 Å². The Balaban J connectivity index is 0.000000710. The van der Waals surface area contributed by atoms with E-state index < -0.39 is 254 Å². The summed E-state index contributed by atoms with van der Waals surface area (Å²) in [6.45, 7) is 2.58. The number of hydrogen-bond acceptors (Lipinski definition) is 32. The normalized spacial score (nSPS) is 16.3. The first-order valence-electron chi connectivity index (χ1n) is 44.8. The first kappa shape index (κ1) is 120.